The Morgan fingerprint density at radius 2 is 1.78 bits per heavy atom. The maximum Gasteiger partial charge on any atom is 0.326 e. The van der Waals surface area contributed by atoms with E-state index in [0.717, 1.165) is 0 Å². The van der Waals surface area contributed by atoms with Crippen LogP contribution in [0.4, 0.5) is 0 Å². The van der Waals surface area contributed by atoms with Crippen molar-refractivity contribution in [2.45, 2.75) is 62.9 Å². The van der Waals surface area contributed by atoms with Crippen LogP contribution in [0.5, 0.6) is 0 Å². The van der Waals surface area contributed by atoms with Gasteiger partial charge in [-0.2, -0.15) is 11.8 Å². The van der Waals surface area contributed by atoms with Crippen molar-refractivity contribution in [3.63, 3.8) is 0 Å². The third-order valence-electron chi connectivity index (χ3n) is 5.20. The minimum absolute atomic E-state index is 0.0983. The lowest BCUT2D eigenvalue weighted by Gasteiger charge is -2.26. The van der Waals surface area contributed by atoms with E-state index in [2.05, 4.69) is 30.9 Å². The SMILES string of the molecule is CSCCC(N)C(=O)NC(CCCN=C(N)N)C(=O)NC(C(=O)NC(Cc1cnc[nH]1)C(=O)O)C(C)O. The molecule has 0 bridgehead atoms. The molecule has 0 spiro atoms. The first-order chi connectivity index (χ1) is 17.5. The number of carboxylic acid groups (broad SMARTS) is 1. The zero-order chi connectivity index (χ0) is 28.0. The molecule has 3 amide bonds. The van der Waals surface area contributed by atoms with E-state index in [-0.39, 0.29) is 25.3 Å². The molecule has 1 aromatic heterocycles. The summed E-state index contributed by atoms with van der Waals surface area (Å²) in [4.78, 5) is 60.5. The number of carbonyl (C=O) groups excluding carboxylic acids is 3. The molecular weight excluding hydrogens is 506 g/mol. The van der Waals surface area contributed by atoms with Gasteiger partial charge in [0.2, 0.25) is 17.7 Å². The van der Waals surface area contributed by atoms with Gasteiger partial charge in [0.05, 0.1) is 18.5 Å². The highest BCUT2D eigenvalue weighted by molar-refractivity contribution is 7.98. The van der Waals surface area contributed by atoms with E-state index in [1.165, 1.54) is 31.2 Å². The number of rotatable bonds is 17. The fraction of sp³-hybridized carbons (Fsp3) is 0.619. The van der Waals surface area contributed by atoms with Crippen molar-refractivity contribution >= 4 is 41.4 Å². The average Bonchev–Trinajstić information content (AvgIpc) is 3.34. The monoisotopic (exact) mass is 543 g/mol. The topological polar surface area (TPSA) is 264 Å². The van der Waals surface area contributed by atoms with E-state index < -0.39 is 54.0 Å². The Balaban J connectivity index is 2.95. The number of aliphatic imine (C=N–C) groups is 1. The smallest absolute Gasteiger partial charge is 0.326 e. The zero-order valence-electron chi connectivity index (χ0n) is 20.8. The first-order valence-corrected chi connectivity index (χ1v) is 12.9. The highest BCUT2D eigenvalue weighted by Gasteiger charge is 2.32. The van der Waals surface area contributed by atoms with Gasteiger partial charge in [0.15, 0.2) is 5.96 Å². The van der Waals surface area contributed by atoms with Crippen LogP contribution in [0.25, 0.3) is 0 Å². The Hall–Kier alpha value is -3.37. The first kappa shape index (κ1) is 31.7. The van der Waals surface area contributed by atoms with Gasteiger partial charge in [-0.3, -0.25) is 19.4 Å². The number of carbonyl (C=O) groups is 4. The van der Waals surface area contributed by atoms with Gasteiger partial charge < -0.3 is 48.3 Å². The molecule has 12 N–H and O–H groups in total. The molecule has 0 aliphatic heterocycles. The Kier molecular flexibility index (Phi) is 14.0. The van der Waals surface area contributed by atoms with Crippen LogP contribution in [0.3, 0.4) is 0 Å². The van der Waals surface area contributed by atoms with Crippen molar-refractivity contribution in [2.75, 3.05) is 18.6 Å². The van der Waals surface area contributed by atoms with Crippen molar-refractivity contribution in [3.8, 4) is 0 Å². The molecule has 0 saturated heterocycles. The van der Waals surface area contributed by atoms with Crippen molar-refractivity contribution in [1.82, 2.24) is 25.9 Å². The van der Waals surface area contributed by atoms with Crippen LogP contribution in [0.15, 0.2) is 17.5 Å². The summed E-state index contributed by atoms with van der Waals surface area (Å²) in [6.07, 6.45) is 3.98. The lowest BCUT2D eigenvalue weighted by Crippen LogP contribution is -2.60. The Bertz CT molecular complexity index is 908. The molecule has 5 unspecified atom stereocenters. The Labute approximate surface area is 218 Å². The number of aliphatic hydroxyl groups is 1. The van der Waals surface area contributed by atoms with Crippen molar-refractivity contribution in [1.29, 1.82) is 0 Å². The summed E-state index contributed by atoms with van der Waals surface area (Å²) in [5.41, 5.74) is 17.0. The number of aliphatic carboxylic acids is 1. The molecule has 0 aromatic carbocycles. The number of nitrogens with two attached hydrogens (primary N) is 3. The molecule has 15 nitrogen and oxygen atoms in total. The Morgan fingerprint density at radius 3 is 2.32 bits per heavy atom. The molecule has 16 heteroatoms. The molecule has 1 aromatic rings. The van der Waals surface area contributed by atoms with Gasteiger partial charge in [-0.25, -0.2) is 9.78 Å². The number of amides is 3. The van der Waals surface area contributed by atoms with E-state index in [4.69, 9.17) is 17.2 Å². The summed E-state index contributed by atoms with van der Waals surface area (Å²) in [5.74, 6) is -3.04. The second-order valence-corrected chi connectivity index (χ2v) is 9.29. The quantitative estimate of drug-likeness (QED) is 0.0543. The van der Waals surface area contributed by atoms with Gasteiger partial charge in [0, 0.05) is 24.9 Å². The van der Waals surface area contributed by atoms with Gasteiger partial charge >= 0.3 is 5.97 Å². The van der Waals surface area contributed by atoms with Crippen molar-refractivity contribution < 1.29 is 29.4 Å². The number of carboxylic acids is 1. The second-order valence-electron chi connectivity index (χ2n) is 8.31. The highest BCUT2D eigenvalue weighted by atomic mass is 32.2. The van der Waals surface area contributed by atoms with E-state index >= 15 is 0 Å². The number of nitrogens with one attached hydrogen (secondary N) is 4. The van der Waals surface area contributed by atoms with Crippen LogP contribution in [-0.2, 0) is 25.6 Å². The average molecular weight is 544 g/mol. The fourth-order valence-electron chi connectivity index (χ4n) is 3.16. The maximum atomic E-state index is 13.1. The van der Waals surface area contributed by atoms with Gasteiger partial charge in [-0.15, -0.1) is 0 Å². The van der Waals surface area contributed by atoms with Crippen molar-refractivity contribution in [2.24, 2.45) is 22.2 Å². The van der Waals surface area contributed by atoms with Gasteiger partial charge in [-0.1, -0.05) is 0 Å². The molecule has 0 aliphatic rings. The summed E-state index contributed by atoms with van der Waals surface area (Å²) in [6.45, 7) is 1.45. The van der Waals surface area contributed by atoms with E-state index in [9.17, 15) is 29.4 Å². The number of thioether (sulfide) groups is 1. The minimum Gasteiger partial charge on any atom is -0.480 e. The van der Waals surface area contributed by atoms with Gasteiger partial charge in [0.1, 0.15) is 18.1 Å². The van der Waals surface area contributed by atoms with Crippen LogP contribution >= 0.6 is 11.8 Å². The molecule has 0 radical (unpaired) electrons. The lowest BCUT2D eigenvalue weighted by molar-refractivity contribution is -0.143. The van der Waals surface area contributed by atoms with Crippen LogP contribution in [0, 0.1) is 0 Å². The maximum absolute atomic E-state index is 13.1. The molecule has 5 atom stereocenters. The molecule has 1 rings (SSSR count). The summed E-state index contributed by atoms with van der Waals surface area (Å²) in [6, 6.07) is -4.82. The third kappa shape index (κ3) is 11.9. The molecule has 1 heterocycles. The van der Waals surface area contributed by atoms with E-state index in [1.807, 2.05) is 6.26 Å². The summed E-state index contributed by atoms with van der Waals surface area (Å²) < 4.78 is 0. The molecule has 208 valence electrons. The predicted octanol–water partition coefficient (Wildman–Crippen LogP) is -2.99. The number of H-pyrrole nitrogens is 1. The number of hydrogen-bond donors (Lipinski definition) is 9. The third-order valence-corrected chi connectivity index (χ3v) is 5.85. The molecular formula is C21H37N9O6S. The number of guanidine groups is 1. The van der Waals surface area contributed by atoms with Gasteiger partial charge in [0.25, 0.3) is 0 Å². The minimum atomic E-state index is -1.50. The summed E-state index contributed by atoms with van der Waals surface area (Å²) in [5, 5.41) is 26.9. The van der Waals surface area contributed by atoms with Crippen LogP contribution in [0.2, 0.25) is 0 Å². The number of imidazole rings is 1. The Morgan fingerprint density at radius 1 is 1.11 bits per heavy atom. The molecule has 37 heavy (non-hydrogen) atoms. The predicted molar refractivity (Wildman–Crippen MR) is 138 cm³/mol. The first-order valence-electron chi connectivity index (χ1n) is 11.5. The number of aromatic nitrogens is 2. The van der Waals surface area contributed by atoms with Crippen LogP contribution in [-0.4, -0.2) is 98.7 Å². The van der Waals surface area contributed by atoms with Gasteiger partial charge in [-0.05, 0) is 38.2 Å². The van der Waals surface area contributed by atoms with Crippen molar-refractivity contribution in [3.05, 3.63) is 18.2 Å². The fourth-order valence-corrected chi connectivity index (χ4v) is 3.65. The molecule has 0 aliphatic carbocycles. The van der Waals surface area contributed by atoms with E-state index in [1.54, 1.807) is 0 Å². The largest absolute Gasteiger partial charge is 0.480 e. The number of aromatic amines is 1. The molecule has 0 fully saturated rings. The lowest BCUT2D eigenvalue weighted by atomic mass is 10.1. The normalized spacial score (nSPS) is 14.9. The van der Waals surface area contributed by atoms with Crippen LogP contribution < -0.4 is 33.2 Å². The van der Waals surface area contributed by atoms with E-state index in [0.29, 0.717) is 24.3 Å². The second kappa shape index (κ2) is 16.4. The standard InChI is InChI=1S/C21H37N9O6S/c1-11(31)16(19(34)29-15(20(35)36)8-12-9-25-10-27-12)30-18(33)14(4-3-6-26-21(23)24)28-17(32)13(22)5-7-37-2/h9-11,13-16,31H,3-8,22H2,1-2H3,(H,25,27)(H,28,32)(H,29,34)(H,30,33)(H,35,36)(H4,23,24,26). The zero-order valence-corrected chi connectivity index (χ0v) is 21.7. The number of nitrogens with zero attached hydrogens (tertiary/aromatic N) is 2. The molecule has 0 saturated carbocycles. The summed E-state index contributed by atoms with van der Waals surface area (Å²) in [7, 11) is 0. The number of aliphatic hydroxyl groups excluding tert-OH is 1. The number of hydrogen-bond acceptors (Lipinski definition) is 9. The summed E-state index contributed by atoms with van der Waals surface area (Å²) >= 11 is 1.52. The van der Waals surface area contributed by atoms with Crippen LogP contribution in [0.1, 0.15) is 31.9 Å². The highest BCUT2D eigenvalue weighted by Crippen LogP contribution is 2.06.